The molecule has 214 valence electrons. The molecule has 1 aliphatic carbocycles. The van der Waals surface area contributed by atoms with Crippen molar-refractivity contribution >= 4 is 6.29 Å². The fourth-order valence-electron chi connectivity index (χ4n) is 6.79. The molecule has 2 aliphatic rings. The number of hydrogen-bond donors (Lipinski definition) is 6. The van der Waals surface area contributed by atoms with Gasteiger partial charge < -0.3 is 35.4 Å². The molecule has 0 bridgehead atoms. The average Bonchev–Trinajstić information content (AvgIpc) is 3.30. The number of fused-ring (bicyclic) bond motifs is 2. The van der Waals surface area contributed by atoms with E-state index in [4.69, 9.17) is 4.74 Å². The zero-order valence-corrected chi connectivity index (χ0v) is 22.5. The van der Waals surface area contributed by atoms with Crippen LogP contribution in [0.4, 0.5) is 0 Å². The summed E-state index contributed by atoms with van der Waals surface area (Å²) in [6, 6.07) is 23.5. The first-order valence-corrected chi connectivity index (χ1v) is 13.7. The molecule has 5 aromatic rings. The highest BCUT2D eigenvalue weighted by molar-refractivity contribution is 5.77. The number of hydrogen-bond acceptors (Lipinski definition) is 8. The lowest BCUT2D eigenvalue weighted by Crippen LogP contribution is -2.16. The molecular formula is C35H26O8. The topological polar surface area (TPSA) is 148 Å². The molecule has 7 rings (SSSR count). The summed E-state index contributed by atoms with van der Waals surface area (Å²) in [4.78, 5) is 11.9. The van der Waals surface area contributed by atoms with Crippen LogP contribution in [0.2, 0.25) is 0 Å². The van der Waals surface area contributed by atoms with E-state index in [2.05, 4.69) is 0 Å². The predicted octanol–water partition coefficient (Wildman–Crippen LogP) is 6.28. The largest absolute Gasteiger partial charge is 0.508 e. The van der Waals surface area contributed by atoms with Crippen LogP contribution in [0, 0.1) is 0 Å². The number of ether oxygens (including phenoxy) is 1. The van der Waals surface area contributed by atoms with E-state index >= 15 is 0 Å². The van der Waals surface area contributed by atoms with Gasteiger partial charge in [0.15, 0.2) is 0 Å². The van der Waals surface area contributed by atoms with Crippen molar-refractivity contribution in [2.75, 3.05) is 0 Å². The highest BCUT2D eigenvalue weighted by atomic mass is 16.5. The Morgan fingerprint density at radius 2 is 1.12 bits per heavy atom. The van der Waals surface area contributed by atoms with Gasteiger partial charge in [-0.1, -0.05) is 24.3 Å². The quantitative estimate of drug-likeness (QED) is 0.138. The van der Waals surface area contributed by atoms with Crippen LogP contribution >= 0.6 is 0 Å². The van der Waals surface area contributed by atoms with E-state index in [1.54, 1.807) is 54.6 Å². The normalized spacial score (nSPS) is 20.0. The third-order valence-electron chi connectivity index (χ3n) is 8.51. The fraction of sp³-hybridized carbons (Fsp3) is 0.114. The summed E-state index contributed by atoms with van der Waals surface area (Å²) < 4.78 is 6.49. The molecule has 0 radical (unpaired) electrons. The minimum atomic E-state index is -0.772. The summed E-state index contributed by atoms with van der Waals surface area (Å²) in [5, 5.41) is 64.7. The van der Waals surface area contributed by atoms with E-state index in [9.17, 15) is 35.4 Å². The summed E-state index contributed by atoms with van der Waals surface area (Å²) in [6.45, 7) is 0. The lowest BCUT2D eigenvalue weighted by atomic mass is 9.73. The zero-order chi connectivity index (χ0) is 30.0. The maximum Gasteiger partial charge on any atom is 0.150 e. The van der Waals surface area contributed by atoms with Gasteiger partial charge in [0.1, 0.15) is 52.6 Å². The molecule has 6 N–H and O–H groups in total. The third kappa shape index (κ3) is 4.18. The van der Waals surface area contributed by atoms with Crippen LogP contribution in [0.1, 0.15) is 73.2 Å². The Morgan fingerprint density at radius 3 is 1.77 bits per heavy atom. The average molecular weight is 575 g/mol. The number of aldehydes is 1. The van der Waals surface area contributed by atoms with Crippen molar-refractivity contribution in [2.24, 2.45) is 0 Å². The van der Waals surface area contributed by atoms with Crippen molar-refractivity contribution in [3.05, 3.63) is 136 Å². The Morgan fingerprint density at radius 1 is 0.512 bits per heavy atom. The first-order chi connectivity index (χ1) is 20.7. The third-order valence-corrected chi connectivity index (χ3v) is 8.51. The van der Waals surface area contributed by atoms with Gasteiger partial charge in [-0.2, -0.15) is 0 Å². The van der Waals surface area contributed by atoms with E-state index < -0.39 is 23.9 Å². The molecule has 8 heteroatoms. The molecule has 1 aliphatic heterocycles. The van der Waals surface area contributed by atoms with Gasteiger partial charge >= 0.3 is 0 Å². The number of aromatic hydroxyl groups is 6. The van der Waals surface area contributed by atoms with Gasteiger partial charge in [0.05, 0.1) is 5.92 Å². The van der Waals surface area contributed by atoms with E-state index in [0.29, 0.717) is 56.5 Å². The second-order valence-corrected chi connectivity index (χ2v) is 11.0. The van der Waals surface area contributed by atoms with Gasteiger partial charge in [0.2, 0.25) is 0 Å². The molecule has 0 aromatic heterocycles. The predicted molar refractivity (Wildman–Crippen MR) is 156 cm³/mol. The van der Waals surface area contributed by atoms with Gasteiger partial charge in [-0.25, -0.2) is 0 Å². The summed E-state index contributed by atoms with van der Waals surface area (Å²) in [5.74, 6) is -2.13. The summed E-state index contributed by atoms with van der Waals surface area (Å²) in [5.41, 5.74) is 4.37. The van der Waals surface area contributed by atoms with E-state index in [0.717, 1.165) is 0 Å². The SMILES string of the molecule is O=Cc1ccc(O)c([C@H]2c3cc(O)cc4c3[C@H](c3cc(O)cc(O)c3[C@@H]2c2ccc(O)cc2)[C@@H](c2ccc(O)cc2)O4)c1. The van der Waals surface area contributed by atoms with Crippen LogP contribution in [-0.4, -0.2) is 36.9 Å². The highest BCUT2D eigenvalue weighted by Gasteiger charge is 2.48. The number of rotatable bonds is 4. The molecule has 0 spiro atoms. The highest BCUT2D eigenvalue weighted by Crippen LogP contribution is 2.62. The van der Waals surface area contributed by atoms with Gasteiger partial charge in [-0.05, 0) is 76.9 Å². The van der Waals surface area contributed by atoms with E-state index in [1.807, 2.05) is 0 Å². The van der Waals surface area contributed by atoms with Gasteiger partial charge in [-0.3, -0.25) is 4.79 Å². The van der Waals surface area contributed by atoms with Crippen molar-refractivity contribution in [2.45, 2.75) is 23.9 Å². The van der Waals surface area contributed by atoms with Crippen LogP contribution in [0.3, 0.4) is 0 Å². The maximum absolute atomic E-state index is 11.9. The molecule has 1 heterocycles. The molecule has 0 unspecified atom stereocenters. The number of carbonyl (C=O) groups excluding carboxylic acids is 1. The summed E-state index contributed by atoms with van der Waals surface area (Å²) in [6.07, 6.45) is 0.00317. The summed E-state index contributed by atoms with van der Waals surface area (Å²) >= 11 is 0. The van der Waals surface area contributed by atoms with E-state index in [-0.39, 0.29) is 34.5 Å². The number of phenolic OH excluding ortho intramolecular Hbond substituents is 6. The molecule has 43 heavy (non-hydrogen) atoms. The van der Waals surface area contributed by atoms with Gasteiger partial charge in [0, 0.05) is 46.2 Å². The summed E-state index contributed by atoms with van der Waals surface area (Å²) in [7, 11) is 0. The van der Waals surface area contributed by atoms with Crippen molar-refractivity contribution in [3.8, 4) is 40.2 Å². The maximum atomic E-state index is 11.9. The molecule has 0 saturated carbocycles. The van der Waals surface area contributed by atoms with Crippen LogP contribution in [0.25, 0.3) is 0 Å². The Balaban J connectivity index is 1.63. The van der Waals surface area contributed by atoms with Crippen molar-refractivity contribution < 1.29 is 40.2 Å². The standard InChI is InChI=1S/C35H26O8/c36-16-17-1-10-27(41)24(11-17)31-25-13-23(40)15-29-33(25)34(35(43-29)19-4-8-21(38)9-5-19)26-12-22(39)14-28(42)32(26)30(31)18-2-6-20(37)7-3-18/h1-16,30-31,34-35,37-42H/t30-,31+,34+,35-/m1/s1. The number of benzene rings is 5. The first kappa shape index (κ1) is 26.3. The molecule has 0 fully saturated rings. The Bertz CT molecular complexity index is 1900. The Hall–Kier alpha value is -5.63. The van der Waals surface area contributed by atoms with Crippen molar-refractivity contribution in [1.29, 1.82) is 0 Å². The number of phenols is 6. The minimum absolute atomic E-state index is 0.0370. The molecule has 8 nitrogen and oxygen atoms in total. The van der Waals surface area contributed by atoms with Crippen LogP contribution in [0.5, 0.6) is 40.2 Å². The van der Waals surface area contributed by atoms with Gasteiger partial charge in [0.25, 0.3) is 0 Å². The molecule has 4 atom stereocenters. The molecule has 0 amide bonds. The monoisotopic (exact) mass is 574 g/mol. The first-order valence-electron chi connectivity index (χ1n) is 13.7. The van der Waals surface area contributed by atoms with Gasteiger partial charge in [-0.15, -0.1) is 0 Å². The van der Waals surface area contributed by atoms with Crippen LogP contribution in [0.15, 0.2) is 91.0 Å². The lowest BCUT2D eigenvalue weighted by Gasteiger charge is -2.31. The zero-order valence-electron chi connectivity index (χ0n) is 22.5. The smallest absolute Gasteiger partial charge is 0.150 e. The van der Waals surface area contributed by atoms with Crippen LogP contribution in [-0.2, 0) is 0 Å². The molecule has 0 saturated heterocycles. The number of carbonyl (C=O) groups is 1. The second-order valence-electron chi connectivity index (χ2n) is 11.0. The Kier molecular flexibility index (Phi) is 5.95. The van der Waals surface area contributed by atoms with Crippen LogP contribution < -0.4 is 4.74 Å². The minimum Gasteiger partial charge on any atom is -0.508 e. The lowest BCUT2D eigenvalue weighted by molar-refractivity contribution is 0.112. The molecular weight excluding hydrogens is 548 g/mol. The Labute approximate surface area is 246 Å². The molecule has 5 aromatic carbocycles. The second kappa shape index (κ2) is 9.73. The van der Waals surface area contributed by atoms with Crippen molar-refractivity contribution in [3.63, 3.8) is 0 Å². The fourth-order valence-corrected chi connectivity index (χ4v) is 6.79. The van der Waals surface area contributed by atoms with Crippen molar-refractivity contribution in [1.82, 2.24) is 0 Å². The van der Waals surface area contributed by atoms with E-state index in [1.165, 1.54) is 36.4 Å².